The molecule has 0 amide bonds. The summed E-state index contributed by atoms with van der Waals surface area (Å²) in [6, 6.07) is 6.51. The molecule has 3 unspecified atom stereocenters. The van der Waals surface area contributed by atoms with Gasteiger partial charge in [0.1, 0.15) is 5.82 Å². The molecule has 1 saturated carbocycles. The summed E-state index contributed by atoms with van der Waals surface area (Å²) < 4.78 is 19.6. The number of hydrogen-bond acceptors (Lipinski definition) is 4. The normalized spacial score (nSPS) is 31.7. The summed E-state index contributed by atoms with van der Waals surface area (Å²) in [4.78, 5) is 0. The molecule has 3 rings (SSSR count). The molecule has 1 aromatic rings. The van der Waals surface area contributed by atoms with Crippen LogP contribution in [-0.2, 0) is 11.2 Å². The Morgan fingerprint density at radius 3 is 2.78 bits per heavy atom. The molecule has 1 aliphatic carbocycles. The quantitative estimate of drug-likeness (QED) is 0.575. The van der Waals surface area contributed by atoms with E-state index >= 15 is 0 Å². The molecule has 2 bridgehead atoms. The van der Waals surface area contributed by atoms with Gasteiger partial charge in [0.2, 0.25) is 0 Å². The van der Waals surface area contributed by atoms with Crippen molar-refractivity contribution in [3.05, 3.63) is 71.6 Å². The molecule has 1 fully saturated rings. The molecule has 5 heteroatoms. The van der Waals surface area contributed by atoms with E-state index in [1.807, 2.05) is 32.9 Å². The highest BCUT2D eigenvalue weighted by Crippen LogP contribution is 2.43. The van der Waals surface area contributed by atoms with Crippen molar-refractivity contribution < 1.29 is 19.3 Å². The number of hydrogen-bond donors (Lipinski definition) is 3. The van der Waals surface area contributed by atoms with Gasteiger partial charge in [-0.3, -0.25) is 0 Å². The summed E-state index contributed by atoms with van der Waals surface area (Å²) in [5, 5.41) is 25.7. The van der Waals surface area contributed by atoms with E-state index in [9.17, 15) is 14.6 Å². The van der Waals surface area contributed by atoms with Gasteiger partial charge in [-0.05, 0) is 81.7 Å². The lowest BCUT2D eigenvalue weighted by Crippen LogP contribution is -2.58. The lowest BCUT2D eigenvalue weighted by molar-refractivity contribution is -0.116. The molecule has 0 saturated heterocycles. The predicted octanol–water partition coefficient (Wildman–Crippen LogP) is 4.62. The van der Waals surface area contributed by atoms with Gasteiger partial charge in [-0.25, -0.2) is 4.39 Å². The zero-order valence-corrected chi connectivity index (χ0v) is 19.7. The average molecular weight is 444 g/mol. The van der Waals surface area contributed by atoms with Gasteiger partial charge in [-0.15, -0.1) is 0 Å². The van der Waals surface area contributed by atoms with Crippen molar-refractivity contribution in [3.8, 4) is 0 Å². The molecule has 1 heterocycles. The molecule has 0 radical (unpaired) electrons. The number of β-amino-alcohol motifs (C(OH)–C–C–N with tert-alkyl or cyclic N) is 1. The van der Waals surface area contributed by atoms with E-state index < -0.39 is 22.8 Å². The third-order valence-electron chi connectivity index (χ3n) is 7.00. The molecule has 3 atom stereocenters. The van der Waals surface area contributed by atoms with Crippen molar-refractivity contribution >= 4 is 0 Å². The van der Waals surface area contributed by atoms with Crippen molar-refractivity contribution in [1.29, 1.82) is 0 Å². The Balaban J connectivity index is 1.80. The minimum atomic E-state index is -0.937. The number of ether oxygens (including phenoxy) is 1. The highest BCUT2D eigenvalue weighted by molar-refractivity contribution is 5.41. The second-order valence-corrected chi connectivity index (χ2v) is 9.89. The van der Waals surface area contributed by atoms with Gasteiger partial charge in [-0.2, -0.15) is 0 Å². The number of halogens is 1. The van der Waals surface area contributed by atoms with Crippen molar-refractivity contribution in [2.24, 2.45) is 0 Å². The summed E-state index contributed by atoms with van der Waals surface area (Å²) in [5.74, 6) is -0.256. The van der Waals surface area contributed by atoms with Gasteiger partial charge in [0.25, 0.3) is 0 Å². The Hall–Kier alpha value is -1.79. The Kier molecular flexibility index (Phi) is 7.77. The van der Waals surface area contributed by atoms with Gasteiger partial charge in [-0.1, -0.05) is 36.9 Å². The number of aryl methyl sites for hydroxylation is 1. The first-order valence-corrected chi connectivity index (χ1v) is 11.7. The van der Waals surface area contributed by atoms with E-state index in [0.29, 0.717) is 32.2 Å². The summed E-state index contributed by atoms with van der Waals surface area (Å²) >= 11 is 0. The molecule has 1 aromatic carbocycles. The Morgan fingerprint density at radius 2 is 2.09 bits per heavy atom. The minimum Gasteiger partial charge on any atom is -0.392 e. The van der Waals surface area contributed by atoms with E-state index in [-0.39, 0.29) is 12.4 Å². The third-order valence-corrected chi connectivity index (χ3v) is 7.00. The number of aliphatic hydroxyl groups excluding tert-OH is 1. The standard InChI is InChI=1S/C27H38FNO3/c1-5-21-16-22(6-2)27(14-8-13-26(31,18-27)19-32-25(21,3)4)29-17-24(30)12-11-20-9-7-10-23(28)15-20/h5-7,9-10,15-16,24,29-31H,1,8,11-14,17-19H2,2-4H3/b21-16+,22-6+. The van der Waals surface area contributed by atoms with Crippen LogP contribution < -0.4 is 5.32 Å². The lowest BCUT2D eigenvalue weighted by atomic mass is 9.69. The third kappa shape index (κ3) is 5.76. The molecule has 0 spiro atoms. The minimum absolute atomic E-state index is 0.256. The van der Waals surface area contributed by atoms with E-state index in [2.05, 4.69) is 24.0 Å². The van der Waals surface area contributed by atoms with Crippen LogP contribution in [0.15, 0.2) is 60.2 Å². The first-order chi connectivity index (χ1) is 15.1. The van der Waals surface area contributed by atoms with Crippen LogP contribution in [0.3, 0.4) is 0 Å². The molecule has 4 nitrogen and oxygen atoms in total. The van der Waals surface area contributed by atoms with Crippen LogP contribution in [0, 0.1) is 5.82 Å². The maximum Gasteiger partial charge on any atom is 0.123 e. The number of aliphatic hydroxyl groups is 2. The van der Waals surface area contributed by atoms with Crippen molar-refractivity contribution in [3.63, 3.8) is 0 Å². The monoisotopic (exact) mass is 443 g/mol. The molecule has 3 N–H and O–H groups in total. The van der Waals surface area contributed by atoms with Crippen LogP contribution in [-0.4, -0.2) is 46.2 Å². The molecule has 1 aliphatic heterocycles. The zero-order chi connectivity index (χ0) is 23.4. The van der Waals surface area contributed by atoms with Gasteiger partial charge < -0.3 is 20.3 Å². The maximum absolute atomic E-state index is 13.4. The largest absolute Gasteiger partial charge is 0.392 e. The highest BCUT2D eigenvalue weighted by Gasteiger charge is 2.47. The molecule has 32 heavy (non-hydrogen) atoms. The summed E-state index contributed by atoms with van der Waals surface area (Å²) in [7, 11) is 0. The van der Waals surface area contributed by atoms with E-state index in [1.165, 1.54) is 12.1 Å². The Morgan fingerprint density at radius 1 is 1.31 bits per heavy atom. The second kappa shape index (κ2) is 10.0. The van der Waals surface area contributed by atoms with Crippen LogP contribution in [0.25, 0.3) is 0 Å². The van der Waals surface area contributed by atoms with Crippen LogP contribution in [0.1, 0.15) is 58.4 Å². The number of allylic oxidation sites excluding steroid dienone is 1. The Labute approximate surface area is 191 Å². The van der Waals surface area contributed by atoms with Gasteiger partial charge in [0, 0.05) is 18.5 Å². The predicted molar refractivity (Wildman–Crippen MR) is 127 cm³/mol. The van der Waals surface area contributed by atoms with E-state index in [4.69, 9.17) is 4.74 Å². The maximum atomic E-state index is 13.4. The topological polar surface area (TPSA) is 61.7 Å². The first-order valence-electron chi connectivity index (χ1n) is 11.7. The van der Waals surface area contributed by atoms with E-state index in [0.717, 1.165) is 29.6 Å². The fourth-order valence-electron chi connectivity index (χ4n) is 5.06. The number of nitrogens with one attached hydrogen (secondary N) is 1. The summed E-state index contributed by atoms with van der Waals surface area (Å²) in [5.41, 5.74) is 0.974. The Bertz CT molecular complexity index is 877. The van der Waals surface area contributed by atoms with Crippen LogP contribution in [0.5, 0.6) is 0 Å². The van der Waals surface area contributed by atoms with Crippen LogP contribution in [0.4, 0.5) is 4.39 Å². The number of rotatable bonds is 7. The van der Waals surface area contributed by atoms with Crippen LogP contribution >= 0.6 is 0 Å². The highest BCUT2D eigenvalue weighted by atomic mass is 19.1. The molecule has 176 valence electrons. The van der Waals surface area contributed by atoms with Crippen molar-refractivity contribution in [2.75, 3.05) is 13.2 Å². The fourth-order valence-corrected chi connectivity index (χ4v) is 5.06. The zero-order valence-electron chi connectivity index (χ0n) is 19.7. The smallest absolute Gasteiger partial charge is 0.123 e. The van der Waals surface area contributed by atoms with Crippen LogP contribution in [0.2, 0.25) is 0 Å². The van der Waals surface area contributed by atoms with Gasteiger partial charge in [0.05, 0.1) is 23.9 Å². The second-order valence-electron chi connectivity index (χ2n) is 9.89. The fraction of sp³-hybridized carbons (Fsp3) is 0.556. The SMILES string of the molecule is C=C/C1=C\C(=C/C)C2(NCC(O)CCc3cccc(F)c3)CCCC(O)(COC1(C)C)C2. The van der Waals surface area contributed by atoms with Crippen molar-refractivity contribution in [2.45, 2.75) is 82.1 Å². The number of fused-ring (bicyclic) bond motifs is 2. The first kappa shape index (κ1) is 24.8. The molecule has 0 aromatic heterocycles. The molecular weight excluding hydrogens is 405 g/mol. The summed E-state index contributed by atoms with van der Waals surface area (Å²) in [6.45, 7) is 10.7. The number of benzene rings is 1. The average Bonchev–Trinajstić information content (AvgIpc) is 2.77. The molecular formula is C27H38FNO3. The van der Waals surface area contributed by atoms with Crippen molar-refractivity contribution in [1.82, 2.24) is 5.32 Å². The molecule has 2 aliphatic rings. The lowest BCUT2D eigenvalue weighted by Gasteiger charge is -2.47. The van der Waals surface area contributed by atoms with Gasteiger partial charge >= 0.3 is 0 Å². The summed E-state index contributed by atoms with van der Waals surface area (Å²) in [6.07, 6.45) is 9.53. The van der Waals surface area contributed by atoms with E-state index in [1.54, 1.807) is 6.07 Å². The van der Waals surface area contributed by atoms with Gasteiger partial charge in [0.15, 0.2) is 0 Å².